The minimum atomic E-state index is 0.910. The summed E-state index contributed by atoms with van der Waals surface area (Å²) in [6.45, 7) is 4.20. The van der Waals surface area contributed by atoms with Crippen molar-refractivity contribution in [2.75, 3.05) is 5.73 Å². The van der Waals surface area contributed by atoms with Crippen LogP contribution in [0.15, 0.2) is 18.2 Å². The molecular weight excluding hydrogens is 122 g/mol. The van der Waals surface area contributed by atoms with Gasteiger partial charge in [0.05, 0.1) is 0 Å². The monoisotopic (exact) mass is 135 g/mol. The molecule has 0 heterocycles. The molecule has 1 aromatic rings. The predicted molar refractivity (Wildman–Crippen MR) is 45.0 cm³/mol. The maximum atomic E-state index is 5.70. The van der Waals surface area contributed by atoms with Crippen LogP contribution in [-0.2, 0) is 6.42 Å². The van der Waals surface area contributed by atoms with Crippen LogP contribution in [0.4, 0.5) is 5.69 Å². The fourth-order valence-corrected chi connectivity index (χ4v) is 1.04. The van der Waals surface area contributed by atoms with Gasteiger partial charge in [-0.15, -0.1) is 0 Å². The van der Waals surface area contributed by atoms with E-state index in [9.17, 15) is 0 Å². The fourth-order valence-electron chi connectivity index (χ4n) is 1.04. The second kappa shape index (κ2) is 2.74. The molecule has 1 nitrogen and oxygen atoms in total. The highest BCUT2D eigenvalue weighted by Gasteiger charge is 1.94. The van der Waals surface area contributed by atoms with Gasteiger partial charge in [0.1, 0.15) is 0 Å². The van der Waals surface area contributed by atoms with E-state index in [1.165, 1.54) is 11.1 Å². The molecule has 1 heteroatoms. The Labute approximate surface area is 61.9 Å². The van der Waals surface area contributed by atoms with Gasteiger partial charge in [0, 0.05) is 5.69 Å². The van der Waals surface area contributed by atoms with Crippen molar-refractivity contribution in [1.29, 1.82) is 0 Å². The van der Waals surface area contributed by atoms with E-state index in [4.69, 9.17) is 5.73 Å². The fraction of sp³-hybridized carbons (Fsp3) is 0.333. The van der Waals surface area contributed by atoms with Crippen molar-refractivity contribution in [2.45, 2.75) is 20.3 Å². The Hall–Kier alpha value is -0.980. The molecule has 10 heavy (non-hydrogen) atoms. The van der Waals surface area contributed by atoms with Gasteiger partial charge in [-0.25, -0.2) is 0 Å². The first-order valence-corrected chi connectivity index (χ1v) is 3.59. The first-order chi connectivity index (χ1) is 4.74. The lowest BCUT2D eigenvalue weighted by molar-refractivity contribution is 1.14. The van der Waals surface area contributed by atoms with Crippen LogP contribution in [0.5, 0.6) is 0 Å². The number of aryl methyl sites for hydroxylation is 2. The Morgan fingerprint density at radius 2 is 2.10 bits per heavy atom. The molecule has 0 radical (unpaired) electrons. The van der Waals surface area contributed by atoms with Crippen molar-refractivity contribution in [3.05, 3.63) is 29.3 Å². The maximum absolute atomic E-state index is 5.70. The Morgan fingerprint density at radius 1 is 1.40 bits per heavy atom. The van der Waals surface area contributed by atoms with Gasteiger partial charge >= 0.3 is 0 Å². The normalized spacial score (nSPS) is 9.80. The lowest BCUT2D eigenvalue weighted by Gasteiger charge is -2.02. The first kappa shape index (κ1) is 7.13. The molecule has 0 bridgehead atoms. The molecule has 0 aliphatic rings. The summed E-state index contributed by atoms with van der Waals surface area (Å²) < 4.78 is 0. The van der Waals surface area contributed by atoms with Gasteiger partial charge in [-0.1, -0.05) is 24.6 Å². The Balaban J connectivity index is 3.09. The lowest BCUT2D eigenvalue weighted by Crippen LogP contribution is -1.92. The van der Waals surface area contributed by atoms with Crippen molar-refractivity contribution < 1.29 is 0 Å². The summed E-state index contributed by atoms with van der Waals surface area (Å²) >= 11 is 0. The van der Waals surface area contributed by atoms with Crippen molar-refractivity contribution in [3.63, 3.8) is 0 Å². The van der Waals surface area contributed by atoms with Crippen LogP contribution in [0, 0.1) is 6.92 Å². The number of nitrogen functional groups attached to an aromatic ring is 1. The van der Waals surface area contributed by atoms with Crippen molar-refractivity contribution in [1.82, 2.24) is 0 Å². The predicted octanol–water partition coefficient (Wildman–Crippen LogP) is 2.14. The summed E-state index contributed by atoms with van der Waals surface area (Å²) in [5.41, 5.74) is 9.14. The van der Waals surface area contributed by atoms with E-state index in [-0.39, 0.29) is 0 Å². The highest BCUT2D eigenvalue weighted by atomic mass is 14.6. The lowest BCUT2D eigenvalue weighted by atomic mass is 10.1. The quantitative estimate of drug-likeness (QED) is 0.586. The molecule has 0 amide bonds. The zero-order chi connectivity index (χ0) is 7.56. The summed E-state index contributed by atoms with van der Waals surface area (Å²) in [6.07, 6.45) is 1.02. The molecule has 0 unspecified atom stereocenters. The van der Waals surface area contributed by atoms with Crippen LogP contribution in [0.2, 0.25) is 0 Å². The highest BCUT2D eigenvalue weighted by Crippen LogP contribution is 2.13. The number of anilines is 1. The van der Waals surface area contributed by atoms with Crippen LogP contribution >= 0.6 is 0 Å². The van der Waals surface area contributed by atoms with E-state index < -0.39 is 0 Å². The van der Waals surface area contributed by atoms with Gasteiger partial charge in [0.2, 0.25) is 0 Å². The molecule has 2 N–H and O–H groups in total. The molecule has 0 saturated heterocycles. The summed E-state index contributed by atoms with van der Waals surface area (Å²) in [5.74, 6) is 0. The van der Waals surface area contributed by atoms with E-state index in [0.717, 1.165) is 12.1 Å². The zero-order valence-corrected chi connectivity index (χ0v) is 6.52. The number of hydrogen-bond acceptors (Lipinski definition) is 1. The standard InChI is InChI=1S/C9H13N/c1-3-8-6-7(2)4-5-9(8)10/h4-6H,3,10H2,1-2H3. The molecular formula is C9H13N. The molecule has 0 aliphatic carbocycles. The number of hydrogen-bond donors (Lipinski definition) is 1. The van der Waals surface area contributed by atoms with E-state index in [1.54, 1.807) is 0 Å². The largest absolute Gasteiger partial charge is 0.399 e. The molecule has 0 atom stereocenters. The Kier molecular flexibility index (Phi) is 1.95. The smallest absolute Gasteiger partial charge is 0.0346 e. The van der Waals surface area contributed by atoms with Gasteiger partial charge in [-0.3, -0.25) is 0 Å². The molecule has 1 rings (SSSR count). The summed E-state index contributed by atoms with van der Waals surface area (Å²) in [6, 6.07) is 6.14. The van der Waals surface area contributed by atoms with Crippen LogP contribution in [0.1, 0.15) is 18.1 Å². The molecule has 0 aliphatic heterocycles. The van der Waals surface area contributed by atoms with Gasteiger partial charge in [0.15, 0.2) is 0 Å². The topological polar surface area (TPSA) is 26.0 Å². The minimum Gasteiger partial charge on any atom is -0.399 e. The third-order valence-corrected chi connectivity index (χ3v) is 1.68. The van der Waals surface area contributed by atoms with E-state index >= 15 is 0 Å². The minimum absolute atomic E-state index is 0.910. The first-order valence-electron chi connectivity index (χ1n) is 3.59. The van der Waals surface area contributed by atoms with Crippen LogP contribution in [-0.4, -0.2) is 0 Å². The molecule has 1 aromatic carbocycles. The molecule has 54 valence electrons. The Bertz CT molecular complexity index is 228. The zero-order valence-electron chi connectivity index (χ0n) is 6.52. The number of nitrogens with two attached hydrogens (primary N) is 1. The average molecular weight is 135 g/mol. The summed E-state index contributed by atoms with van der Waals surface area (Å²) in [4.78, 5) is 0. The van der Waals surface area contributed by atoms with Gasteiger partial charge in [-0.05, 0) is 25.0 Å². The summed E-state index contributed by atoms with van der Waals surface area (Å²) in [7, 11) is 0. The molecule has 0 saturated carbocycles. The van der Waals surface area contributed by atoms with Crippen molar-refractivity contribution in [2.24, 2.45) is 0 Å². The van der Waals surface area contributed by atoms with E-state index in [2.05, 4.69) is 19.9 Å². The maximum Gasteiger partial charge on any atom is 0.0346 e. The third-order valence-electron chi connectivity index (χ3n) is 1.68. The second-order valence-corrected chi connectivity index (χ2v) is 2.56. The van der Waals surface area contributed by atoms with E-state index in [1.807, 2.05) is 12.1 Å². The molecule has 0 aromatic heterocycles. The Morgan fingerprint density at radius 3 is 2.60 bits per heavy atom. The van der Waals surface area contributed by atoms with Crippen molar-refractivity contribution in [3.8, 4) is 0 Å². The SMILES string of the molecule is CCc1cc(C)ccc1N. The van der Waals surface area contributed by atoms with Gasteiger partial charge < -0.3 is 5.73 Å². The highest BCUT2D eigenvalue weighted by molar-refractivity contribution is 5.48. The summed E-state index contributed by atoms with van der Waals surface area (Å²) in [5, 5.41) is 0. The van der Waals surface area contributed by atoms with Crippen LogP contribution in [0.3, 0.4) is 0 Å². The molecule has 0 spiro atoms. The van der Waals surface area contributed by atoms with Crippen LogP contribution < -0.4 is 5.73 Å². The van der Waals surface area contributed by atoms with E-state index in [0.29, 0.717) is 0 Å². The third kappa shape index (κ3) is 1.29. The van der Waals surface area contributed by atoms with Gasteiger partial charge in [0.25, 0.3) is 0 Å². The molecule has 0 fully saturated rings. The van der Waals surface area contributed by atoms with Gasteiger partial charge in [-0.2, -0.15) is 0 Å². The number of benzene rings is 1. The second-order valence-electron chi connectivity index (χ2n) is 2.56. The average Bonchev–Trinajstić information content (AvgIpc) is 1.94. The number of rotatable bonds is 1. The van der Waals surface area contributed by atoms with Crippen LogP contribution in [0.25, 0.3) is 0 Å². The van der Waals surface area contributed by atoms with Crippen molar-refractivity contribution >= 4 is 5.69 Å².